The van der Waals surface area contributed by atoms with Crippen molar-refractivity contribution in [3.8, 4) is 0 Å². The number of hydrogen-bond acceptors (Lipinski definition) is 5. The number of nitrogens with zero attached hydrogens (tertiary/aromatic N) is 6. The van der Waals surface area contributed by atoms with Crippen LogP contribution in [0, 0.1) is 0 Å². The molecule has 0 spiro atoms. The van der Waals surface area contributed by atoms with Crippen LogP contribution in [0.4, 0.5) is 8.78 Å². The smallest absolute Gasteiger partial charge is 0.265 e. The summed E-state index contributed by atoms with van der Waals surface area (Å²) in [5, 5.41) is 8.93. The minimum absolute atomic E-state index is 0.114. The molecule has 0 saturated carbocycles. The van der Waals surface area contributed by atoms with Crippen LogP contribution in [0.3, 0.4) is 0 Å². The molecule has 0 aromatic carbocycles. The molecular weight excluding hydrogens is 456 g/mol. The molecule has 9 nitrogen and oxygen atoms in total. The maximum absolute atomic E-state index is 13.8. The van der Waals surface area contributed by atoms with E-state index in [0.29, 0.717) is 47.6 Å². The van der Waals surface area contributed by atoms with Crippen molar-refractivity contribution in [1.82, 2.24) is 34.1 Å². The van der Waals surface area contributed by atoms with Crippen LogP contribution in [0.15, 0.2) is 55.2 Å². The van der Waals surface area contributed by atoms with Gasteiger partial charge < -0.3 is 14.6 Å². The van der Waals surface area contributed by atoms with Crippen molar-refractivity contribution in [1.29, 1.82) is 0 Å². The van der Waals surface area contributed by atoms with Gasteiger partial charge in [0, 0.05) is 43.7 Å². The van der Waals surface area contributed by atoms with E-state index >= 15 is 0 Å². The third kappa shape index (κ3) is 3.46. The molecule has 5 aromatic heterocycles. The lowest BCUT2D eigenvalue weighted by molar-refractivity contribution is 0.0689. The number of hydrogen-bond donors (Lipinski definition) is 1. The number of pyridine rings is 2. The van der Waals surface area contributed by atoms with E-state index in [0.717, 1.165) is 11.3 Å². The Morgan fingerprint density at radius 3 is 2.97 bits per heavy atom. The highest BCUT2D eigenvalue weighted by atomic mass is 19.3. The van der Waals surface area contributed by atoms with Crippen molar-refractivity contribution in [3.63, 3.8) is 0 Å². The molecule has 1 aliphatic rings. The van der Waals surface area contributed by atoms with Crippen molar-refractivity contribution >= 4 is 16.9 Å². The molecular formula is C24H21F2N7O2. The summed E-state index contributed by atoms with van der Waals surface area (Å²) in [7, 11) is 1.62. The van der Waals surface area contributed by atoms with Gasteiger partial charge in [0.25, 0.3) is 12.3 Å². The van der Waals surface area contributed by atoms with Gasteiger partial charge in [-0.1, -0.05) is 6.07 Å². The zero-order valence-corrected chi connectivity index (χ0v) is 18.7. The van der Waals surface area contributed by atoms with E-state index in [2.05, 4.69) is 20.2 Å². The number of H-pyrrole nitrogens is 1. The van der Waals surface area contributed by atoms with E-state index in [9.17, 15) is 13.6 Å². The van der Waals surface area contributed by atoms with Crippen LogP contribution in [-0.2, 0) is 17.8 Å². The highest BCUT2D eigenvalue weighted by Gasteiger charge is 2.37. The fourth-order valence-electron chi connectivity index (χ4n) is 4.77. The van der Waals surface area contributed by atoms with E-state index in [-0.39, 0.29) is 11.5 Å². The van der Waals surface area contributed by atoms with E-state index in [1.165, 1.54) is 16.6 Å². The molecule has 0 radical (unpaired) electrons. The van der Waals surface area contributed by atoms with Crippen LogP contribution in [-0.4, -0.2) is 53.7 Å². The molecule has 6 heterocycles. The van der Waals surface area contributed by atoms with Crippen LogP contribution in [0.1, 0.15) is 51.0 Å². The Hall–Kier alpha value is -4.12. The summed E-state index contributed by atoms with van der Waals surface area (Å²) in [6, 6.07) is 7.63. The highest BCUT2D eigenvalue weighted by Crippen LogP contribution is 2.36. The Balaban J connectivity index is 1.44. The summed E-state index contributed by atoms with van der Waals surface area (Å²) in [4.78, 5) is 23.1. The second-order valence-corrected chi connectivity index (χ2v) is 8.44. The SMILES string of the molecule is COCc1ccc2c(C(=O)N3CCc4[nH]cnc4C3c3cc4c(C(F)F)cccn4n3)cnn2c1. The molecule has 178 valence electrons. The lowest BCUT2D eigenvalue weighted by atomic mass is 9.98. The first-order valence-electron chi connectivity index (χ1n) is 11.1. The molecule has 1 atom stereocenters. The maximum atomic E-state index is 13.8. The topological polar surface area (TPSA) is 92.8 Å². The highest BCUT2D eigenvalue weighted by molar-refractivity contribution is 6.01. The molecule has 5 aromatic rings. The lowest BCUT2D eigenvalue weighted by Gasteiger charge is -2.33. The first kappa shape index (κ1) is 21.4. The number of carbonyl (C=O) groups excluding carboxylic acids is 1. The summed E-state index contributed by atoms with van der Waals surface area (Å²) in [6.45, 7) is 0.844. The van der Waals surface area contributed by atoms with Crippen molar-refractivity contribution in [2.45, 2.75) is 25.5 Å². The Morgan fingerprint density at radius 2 is 2.14 bits per heavy atom. The maximum Gasteiger partial charge on any atom is 0.265 e. The van der Waals surface area contributed by atoms with Gasteiger partial charge in [-0.2, -0.15) is 10.2 Å². The minimum Gasteiger partial charge on any atom is -0.380 e. The molecule has 11 heteroatoms. The third-order valence-corrected chi connectivity index (χ3v) is 6.37. The Kier molecular flexibility index (Phi) is 5.06. The number of ether oxygens (including phenoxy) is 1. The largest absolute Gasteiger partial charge is 0.380 e. The van der Waals surface area contributed by atoms with Gasteiger partial charge in [0.1, 0.15) is 6.04 Å². The summed E-state index contributed by atoms with van der Waals surface area (Å²) >= 11 is 0. The van der Waals surface area contributed by atoms with Gasteiger partial charge in [0.05, 0.1) is 47.1 Å². The van der Waals surface area contributed by atoms with Gasteiger partial charge in [-0.05, 0) is 29.8 Å². The van der Waals surface area contributed by atoms with Crippen molar-refractivity contribution < 1.29 is 18.3 Å². The number of halogens is 2. The monoisotopic (exact) mass is 477 g/mol. The molecule has 6 rings (SSSR count). The predicted octanol–water partition coefficient (Wildman–Crippen LogP) is 3.58. The number of nitrogens with one attached hydrogen (secondary N) is 1. The van der Waals surface area contributed by atoms with E-state index < -0.39 is 12.5 Å². The number of methoxy groups -OCH3 is 1. The van der Waals surface area contributed by atoms with E-state index in [1.807, 2.05) is 18.3 Å². The Labute approximate surface area is 198 Å². The average Bonchev–Trinajstić information content (AvgIpc) is 3.60. The molecule has 35 heavy (non-hydrogen) atoms. The van der Waals surface area contributed by atoms with Crippen LogP contribution >= 0.6 is 0 Å². The van der Waals surface area contributed by atoms with E-state index in [4.69, 9.17) is 4.74 Å². The van der Waals surface area contributed by atoms with Gasteiger partial charge in [0.2, 0.25) is 0 Å². The summed E-state index contributed by atoms with van der Waals surface area (Å²) in [6.07, 6.45) is 4.51. The number of amides is 1. The summed E-state index contributed by atoms with van der Waals surface area (Å²) in [5.41, 5.74) is 4.24. The van der Waals surface area contributed by atoms with Gasteiger partial charge in [-0.15, -0.1) is 0 Å². The van der Waals surface area contributed by atoms with Crippen molar-refractivity contribution in [2.75, 3.05) is 13.7 Å². The normalized spacial score (nSPS) is 15.9. The first-order valence-corrected chi connectivity index (χ1v) is 11.1. The molecule has 1 amide bonds. The van der Waals surface area contributed by atoms with Crippen molar-refractivity contribution in [2.24, 2.45) is 0 Å². The predicted molar refractivity (Wildman–Crippen MR) is 121 cm³/mol. The molecule has 1 aliphatic heterocycles. The molecule has 0 fully saturated rings. The van der Waals surface area contributed by atoms with Crippen molar-refractivity contribution in [3.05, 3.63) is 89.0 Å². The van der Waals surface area contributed by atoms with Gasteiger partial charge in [0.15, 0.2) is 0 Å². The number of aromatic amines is 1. The van der Waals surface area contributed by atoms with Crippen LogP contribution in [0.5, 0.6) is 0 Å². The number of rotatable bonds is 5. The average molecular weight is 477 g/mol. The van der Waals surface area contributed by atoms with Crippen LogP contribution < -0.4 is 0 Å². The second-order valence-electron chi connectivity index (χ2n) is 8.44. The van der Waals surface area contributed by atoms with Gasteiger partial charge >= 0.3 is 0 Å². The van der Waals surface area contributed by atoms with Crippen LogP contribution in [0.2, 0.25) is 0 Å². The minimum atomic E-state index is -2.64. The molecule has 0 aliphatic carbocycles. The zero-order chi connectivity index (χ0) is 24.1. The summed E-state index contributed by atoms with van der Waals surface area (Å²) < 4.78 is 35.5. The molecule has 1 N–H and O–H groups in total. The standard InChI is InChI=1S/C24H21F2N7O2/c1-35-12-14-4-5-19-16(10-29-33(19)11-14)24(34)31-8-6-17-21(28-13-27-17)22(31)18-9-20-15(23(25)26)3-2-7-32(20)30-18/h2-5,7,9-11,13,22-23H,6,8,12H2,1H3,(H,27,28). The van der Waals surface area contributed by atoms with Crippen LogP contribution in [0.25, 0.3) is 11.0 Å². The molecule has 0 saturated heterocycles. The first-order chi connectivity index (χ1) is 17.0. The Morgan fingerprint density at radius 1 is 1.26 bits per heavy atom. The molecule has 0 bridgehead atoms. The number of carbonyl (C=O) groups is 1. The van der Waals surface area contributed by atoms with Gasteiger partial charge in [-0.25, -0.2) is 22.8 Å². The fraction of sp³-hybridized carbons (Fsp3) is 0.250. The fourth-order valence-corrected chi connectivity index (χ4v) is 4.77. The van der Waals surface area contributed by atoms with E-state index in [1.54, 1.807) is 41.3 Å². The number of aromatic nitrogens is 6. The third-order valence-electron chi connectivity index (χ3n) is 6.37. The van der Waals surface area contributed by atoms with Gasteiger partial charge in [-0.3, -0.25) is 4.79 Å². The Bertz CT molecular complexity index is 1550. The second kappa shape index (κ2) is 8.27. The number of alkyl halides is 2. The zero-order valence-electron chi connectivity index (χ0n) is 18.7. The lowest BCUT2D eigenvalue weighted by Crippen LogP contribution is -2.41. The number of imidazole rings is 1. The number of fused-ring (bicyclic) bond motifs is 3. The quantitative estimate of drug-likeness (QED) is 0.418. The molecule has 1 unspecified atom stereocenters. The summed E-state index contributed by atoms with van der Waals surface area (Å²) in [5.74, 6) is -0.232.